The first kappa shape index (κ1) is 15.3. The van der Waals surface area contributed by atoms with E-state index in [1.165, 1.54) is 18.2 Å². The van der Waals surface area contributed by atoms with Crippen molar-refractivity contribution in [2.24, 2.45) is 0 Å². The number of thiocarbonyl (C=S) groups is 1. The molecule has 23 heavy (non-hydrogen) atoms. The molecule has 0 spiro atoms. The van der Waals surface area contributed by atoms with Gasteiger partial charge in [-0.3, -0.25) is 0 Å². The molecule has 0 aliphatic rings. The number of benzene rings is 2. The van der Waals surface area contributed by atoms with Crippen molar-refractivity contribution in [2.75, 3.05) is 10.6 Å². The lowest BCUT2D eigenvalue weighted by Gasteiger charge is -2.14. The van der Waals surface area contributed by atoms with Crippen molar-refractivity contribution >= 4 is 39.8 Å². The molecule has 0 unspecified atom stereocenters. The van der Waals surface area contributed by atoms with Crippen LogP contribution in [0.15, 0.2) is 53.1 Å². The highest BCUT2D eigenvalue weighted by atomic mass is 32.1. The number of fused-ring (bicyclic) bond motifs is 1. The van der Waals surface area contributed by atoms with Crippen LogP contribution < -0.4 is 10.6 Å². The maximum absolute atomic E-state index is 13.0. The van der Waals surface area contributed by atoms with Gasteiger partial charge in [-0.1, -0.05) is 29.4 Å². The second-order valence-electron chi connectivity index (χ2n) is 4.65. The van der Waals surface area contributed by atoms with E-state index in [0.29, 0.717) is 16.8 Å². The van der Waals surface area contributed by atoms with Gasteiger partial charge in [0.15, 0.2) is 16.5 Å². The van der Waals surface area contributed by atoms with Gasteiger partial charge in [0.1, 0.15) is 0 Å². The number of rotatable bonds is 2. The monoisotopic (exact) mass is 337 g/mol. The molecule has 0 saturated heterocycles. The fourth-order valence-corrected chi connectivity index (χ4v) is 2.28. The standard InChI is InChI=1S/C15H10F3N3OS/c16-15(17,18)10-6-2-3-7-11(10)19-14(23)20-13-9-5-1-4-8-12(9)22-21-13/h1-8H,(H2,19,20,21,23). The smallest absolute Gasteiger partial charge is 0.354 e. The third-order valence-electron chi connectivity index (χ3n) is 3.09. The normalized spacial score (nSPS) is 11.4. The van der Waals surface area contributed by atoms with Crippen molar-refractivity contribution in [3.63, 3.8) is 0 Å². The number of halogens is 3. The number of nitrogens with one attached hydrogen (secondary N) is 2. The predicted molar refractivity (Wildman–Crippen MR) is 85.3 cm³/mol. The van der Waals surface area contributed by atoms with E-state index >= 15 is 0 Å². The molecule has 2 aromatic carbocycles. The van der Waals surface area contributed by atoms with Gasteiger partial charge < -0.3 is 15.2 Å². The predicted octanol–water partition coefficient (Wildman–Crippen LogP) is 4.66. The molecular formula is C15H10F3N3OS. The molecule has 8 heteroatoms. The minimum Gasteiger partial charge on any atom is -0.354 e. The summed E-state index contributed by atoms with van der Waals surface area (Å²) >= 11 is 5.06. The molecule has 0 saturated carbocycles. The Balaban J connectivity index is 1.81. The van der Waals surface area contributed by atoms with E-state index in [0.717, 1.165) is 6.07 Å². The van der Waals surface area contributed by atoms with Crippen LogP contribution in [0.5, 0.6) is 0 Å². The fourth-order valence-electron chi connectivity index (χ4n) is 2.08. The van der Waals surface area contributed by atoms with Gasteiger partial charge in [0.05, 0.1) is 16.6 Å². The van der Waals surface area contributed by atoms with Crippen molar-refractivity contribution < 1.29 is 17.7 Å². The van der Waals surface area contributed by atoms with Crippen molar-refractivity contribution in [1.82, 2.24) is 5.16 Å². The molecule has 1 aromatic heterocycles. The Hall–Kier alpha value is -2.61. The number of para-hydroxylation sites is 2. The number of alkyl halides is 3. The second kappa shape index (κ2) is 5.88. The van der Waals surface area contributed by atoms with Gasteiger partial charge in [0.25, 0.3) is 0 Å². The van der Waals surface area contributed by atoms with Crippen LogP contribution in [0.2, 0.25) is 0 Å². The van der Waals surface area contributed by atoms with Crippen molar-refractivity contribution in [1.29, 1.82) is 0 Å². The Morgan fingerprint density at radius 2 is 1.70 bits per heavy atom. The van der Waals surface area contributed by atoms with E-state index < -0.39 is 11.7 Å². The second-order valence-corrected chi connectivity index (χ2v) is 5.06. The van der Waals surface area contributed by atoms with Gasteiger partial charge in [-0.05, 0) is 36.5 Å². The SMILES string of the molecule is FC(F)(F)c1ccccc1NC(=S)Nc1noc2ccccc12. The molecule has 0 aliphatic carbocycles. The number of hydrogen-bond acceptors (Lipinski definition) is 3. The van der Waals surface area contributed by atoms with Gasteiger partial charge in [-0.2, -0.15) is 13.2 Å². The number of nitrogens with zero attached hydrogens (tertiary/aromatic N) is 1. The highest BCUT2D eigenvalue weighted by Gasteiger charge is 2.33. The lowest BCUT2D eigenvalue weighted by molar-refractivity contribution is -0.136. The molecule has 3 rings (SSSR count). The summed E-state index contributed by atoms with van der Waals surface area (Å²) in [7, 11) is 0. The fraction of sp³-hybridized carbons (Fsp3) is 0.0667. The van der Waals surface area contributed by atoms with E-state index in [2.05, 4.69) is 15.8 Å². The van der Waals surface area contributed by atoms with Crippen LogP contribution in [0.4, 0.5) is 24.7 Å². The van der Waals surface area contributed by atoms with Crippen LogP contribution >= 0.6 is 12.2 Å². The minimum atomic E-state index is -4.47. The summed E-state index contributed by atoms with van der Waals surface area (Å²) in [4.78, 5) is 0. The summed E-state index contributed by atoms with van der Waals surface area (Å²) in [5.41, 5.74) is -0.382. The average Bonchev–Trinajstić information content (AvgIpc) is 2.90. The van der Waals surface area contributed by atoms with Crippen LogP contribution in [0, 0.1) is 0 Å². The highest BCUT2D eigenvalue weighted by Crippen LogP contribution is 2.34. The van der Waals surface area contributed by atoms with Crippen molar-refractivity contribution in [3.8, 4) is 0 Å². The van der Waals surface area contributed by atoms with Crippen LogP contribution in [-0.2, 0) is 6.18 Å². The summed E-state index contributed by atoms with van der Waals surface area (Å²) < 4.78 is 44.0. The first-order chi connectivity index (χ1) is 10.9. The van der Waals surface area contributed by atoms with Crippen LogP contribution in [0.25, 0.3) is 11.0 Å². The van der Waals surface area contributed by atoms with Gasteiger partial charge in [-0.25, -0.2) is 0 Å². The third-order valence-corrected chi connectivity index (χ3v) is 3.29. The summed E-state index contributed by atoms with van der Waals surface area (Å²) in [6.07, 6.45) is -4.47. The molecule has 2 N–H and O–H groups in total. The molecule has 0 amide bonds. The van der Waals surface area contributed by atoms with Gasteiger partial charge >= 0.3 is 6.18 Å². The van der Waals surface area contributed by atoms with E-state index in [-0.39, 0.29) is 10.8 Å². The van der Waals surface area contributed by atoms with Gasteiger partial charge in [0, 0.05) is 0 Å². The molecule has 0 fully saturated rings. The summed E-state index contributed by atoms with van der Waals surface area (Å²) in [5, 5.41) is 9.76. The molecular weight excluding hydrogens is 327 g/mol. The Labute approximate surface area is 134 Å². The van der Waals surface area contributed by atoms with Crippen molar-refractivity contribution in [2.45, 2.75) is 6.18 Å². The molecule has 0 aliphatic heterocycles. The molecule has 0 radical (unpaired) electrons. The zero-order chi connectivity index (χ0) is 16.4. The summed E-state index contributed by atoms with van der Waals surface area (Å²) in [6.45, 7) is 0. The topological polar surface area (TPSA) is 50.1 Å². The van der Waals surface area contributed by atoms with Gasteiger partial charge in [0.2, 0.25) is 0 Å². The Bertz CT molecular complexity index is 860. The number of anilines is 2. The molecule has 0 atom stereocenters. The average molecular weight is 337 g/mol. The Morgan fingerprint density at radius 1 is 1.00 bits per heavy atom. The molecule has 3 aromatic rings. The zero-order valence-corrected chi connectivity index (χ0v) is 12.3. The Morgan fingerprint density at radius 3 is 2.48 bits per heavy atom. The largest absolute Gasteiger partial charge is 0.418 e. The lowest BCUT2D eigenvalue weighted by atomic mass is 10.1. The minimum absolute atomic E-state index is 0.0132. The number of hydrogen-bond donors (Lipinski definition) is 2. The van der Waals surface area contributed by atoms with E-state index in [9.17, 15) is 13.2 Å². The number of aromatic nitrogens is 1. The molecule has 4 nitrogen and oxygen atoms in total. The quantitative estimate of drug-likeness (QED) is 0.666. The van der Waals surface area contributed by atoms with Crippen LogP contribution in [0.1, 0.15) is 5.56 Å². The van der Waals surface area contributed by atoms with E-state index in [4.69, 9.17) is 16.7 Å². The van der Waals surface area contributed by atoms with Gasteiger partial charge in [-0.15, -0.1) is 0 Å². The molecule has 1 heterocycles. The summed E-state index contributed by atoms with van der Waals surface area (Å²) in [5.74, 6) is 0.336. The van der Waals surface area contributed by atoms with Crippen LogP contribution in [-0.4, -0.2) is 10.3 Å². The van der Waals surface area contributed by atoms with E-state index in [1.807, 2.05) is 0 Å². The van der Waals surface area contributed by atoms with E-state index in [1.54, 1.807) is 24.3 Å². The van der Waals surface area contributed by atoms with Crippen molar-refractivity contribution in [3.05, 3.63) is 54.1 Å². The zero-order valence-electron chi connectivity index (χ0n) is 11.5. The maximum Gasteiger partial charge on any atom is 0.418 e. The summed E-state index contributed by atoms with van der Waals surface area (Å²) in [6, 6.07) is 12.2. The van der Waals surface area contributed by atoms with Crippen LogP contribution in [0.3, 0.4) is 0 Å². The Kier molecular flexibility index (Phi) is 3.91. The molecule has 0 bridgehead atoms. The third kappa shape index (κ3) is 3.26. The molecule has 118 valence electrons. The lowest BCUT2D eigenvalue weighted by Crippen LogP contribution is -2.21. The first-order valence-corrected chi connectivity index (χ1v) is 6.94. The maximum atomic E-state index is 13.0. The first-order valence-electron chi connectivity index (χ1n) is 6.54. The highest BCUT2D eigenvalue weighted by molar-refractivity contribution is 7.80.